The minimum atomic E-state index is -4.01. The molecule has 0 bridgehead atoms. The number of carbonyl (C=O) groups is 1. The second kappa shape index (κ2) is 5.32. The molecule has 0 aliphatic carbocycles. The van der Waals surface area contributed by atoms with Crippen LogP contribution in [0.25, 0.3) is 0 Å². The lowest BCUT2D eigenvalue weighted by Crippen LogP contribution is -2.52. The van der Waals surface area contributed by atoms with E-state index in [-0.39, 0.29) is 10.8 Å². The lowest BCUT2D eigenvalue weighted by molar-refractivity contribution is -0.163. The average Bonchev–Trinajstić information content (AvgIpc) is 2.74. The Morgan fingerprint density at radius 2 is 2.15 bits per heavy atom. The molecule has 1 aliphatic rings. The maximum atomic E-state index is 13.7. The van der Waals surface area contributed by atoms with Crippen molar-refractivity contribution in [3.63, 3.8) is 0 Å². The van der Waals surface area contributed by atoms with Crippen LogP contribution >= 0.6 is 27.3 Å². The van der Waals surface area contributed by atoms with Crippen molar-refractivity contribution in [1.82, 2.24) is 4.31 Å². The first-order valence-corrected chi connectivity index (χ1v) is 8.55. The van der Waals surface area contributed by atoms with E-state index < -0.39 is 40.8 Å². The second-order valence-electron chi connectivity index (χ2n) is 4.34. The maximum absolute atomic E-state index is 13.7. The van der Waals surface area contributed by atoms with Gasteiger partial charge in [0, 0.05) is 6.54 Å². The fraction of sp³-hybridized carbons (Fsp3) is 0.500. The van der Waals surface area contributed by atoms with E-state index >= 15 is 0 Å². The van der Waals surface area contributed by atoms with Crippen molar-refractivity contribution in [2.75, 3.05) is 13.1 Å². The van der Waals surface area contributed by atoms with Gasteiger partial charge in [0.25, 0.3) is 15.9 Å². The Kier molecular flexibility index (Phi) is 4.20. The largest absolute Gasteiger partial charge is 0.481 e. The van der Waals surface area contributed by atoms with Gasteiger partial charge in [-0.2, -0.15) is 4.31 Å². The molecule has 0 aromatic carbocycles. The third kappa shape index (κ3) is 2.87. The van der Waals surface area contributed by atoms with Crippen LogP contribution in [-0.4, -0.2) is 42.8 Å². The molecule has 0 amide bonds. The Labute approximate surface area is 126 Å². The van der Waals surface area contributed by atoms with Crippen molar-refractivity contribution < 1.29 is 27.1 Å². The maximum Gasteiger partial charge on any atom is 0.312 e. The Balaban J connectivity index is 2.26. The Bertz CT molecular complexity index is 631. The summed E-state index contributed by atoms with van der Waals surface area (Å²) < 4.78 is 53.0. The zero-order chi connectivity index (χ0) is 15.1. The van der Waals surface area contributed by atoms with Crippen LogP contribution in [0.4, 0.5) is 8.78 Å². The Morgan fingerprint density at radius 1 is 1.50 bits per heavy atom. The third-order valence-electron chi connectivity index (χ3n) is 3.00. The zero-order valence-electron chi connectivity index (χ0n) is 9.92. The molecule has 20 heavy (non-hydrogen) atoms. The number of sulfonamides is 1. The quantitative estimate of drug-likeness (QED) is 0.859. The molecule has 2 heterocycles. The van der Waals surface area contributed by atoms with Crippen molar-refractivity contribution in [2.24, 2.45) is 5.92 Å². The zero-order valence-corrected chi connectivity index (χ0v) is 13.1. The fourth-order valence-corrected chi connectivity index (χ4v) is 5.61. The van der Waals surface area contributed by atoms with Gasteiger partial charge in [-0.3, -0.25) is 4.79 Å². The molecule has 10 heteroatoms. The van der Waals surface area contributed by atoms with E-state index in [2.05, 4.69) is 15.9 Å². The molecule has 1 aromatic heterocycles. The molecule has 2 rings (SSSR count). The highest BCUT2D eigenvalue weighted by molar-refractivity contribution is 9.11. The minimum absolute atomic E-state index is 0.0473. The minimum Gasteiger partial charge on any atom is -0.481 e. The molecule has 112 valence electrons. The Morgan fingerprint density at radius 3 is 2.60 bits per heavy atom. The lowest BCUT2D eigenvalue weighted by atomic mass is 9.94. The molecule has 1 aliphatic heterocycles. The van der Waals surface area contributed by atoms with Gasteiger partial charge in [-0.05, 0) is 34.5 Å². The highest BCUT2D eigenvalue weighted by atomic mass is 79.9. The number of rotatable bonds is 3. The molecular weight excluding hydrogens is 380 g/mol. The van der Waals surface area contributed by atoms with Crippen molar-refractivity contribution >= 4 is 43.3 Å². The summed E-state index contributed by atoms with van der Waals surface area (Å²) in [4.78, 5) is 10.7. The van der Waals surface area contributed by atoms with Gasteiger partial charge < -0.3 is 5.11 Å². The van der Waals surface area contributed by atoms with Crippen LogP contribution in [0.5, 0.6) is 0 Å². The summed E-state index contributed by atoms with van der Waals surface area (Å²) in [6, 6.07) is 2.84. The normalized spacial score (nSPS) is 23.6. The number of carboxylic acids is 1. The molecule has 0 radical (unpaired) electrons. The van der Waals surface area contributed by atoms with Gasteiger partial charge >= 0.3 is 5.97 Å². The summed E-state index contributed by atoms with van der Waals surface area (Å²) in [7, 11) is -4.01. The predicted octanol–water partition coefficient (Wildman–Crippen LogP) is 2.24. The van der Waals surface area contributed by atoms with E-state index in [4.69, 9.17) is 5.11 Å². The monoisotopic (exact) mass is 389 g/mol. The number of carboxylic acid groups (broad SMARTS) is 1. The van der Waals surface area contributed by atoms with Crippen LogP contribution in [-0.2, 0) is 14.8 Å². The number of alkyl halides is 2. The molecular formula is C10H10BrF2NO4S2. The van der Waals surface area contributed by atoms with Gasteiger partial charge in [-0.15, -0.1) is 11.3 Å². The molecule has 0 saturated carbocycles. The first-order chi connectivity index (χ1) is 9.14. The SMILES string of the molecule is O=C(O)C1CCN(S(=O)(=O)c2ccc(Br)s2)CC1(F)F. The number of nitrogens with zero attached hydrogens (tertiary/aromatic N) is 1. The van der Waals surface area contributed by atoms with Crippen LogP contribution in [0.2, 0.25) is 0 Å². The third-order valence-corrected chi connectivity index (χ3v) is 6.94. The van der Waals surface area contributed by atoms with Crippen LogP contribution in [0.15, 0.2) is 20.1 Å². The number of hydrogen-bond donors (Lipinski definition) is 1. The molecule has 1 aromatic rings. The van der Waals surface area contributed by atoms with Crippen LogP contribution in [0, 0.1) is 5.92 Å². The highest BCUT2D eigenvalue weighted by Gasteiger charge is 2.51. The van der Waals surface area contributed by atoms with Crippen molar-refractivity contribution in [2.45, 2.75) is 16.6 Å². The molecule has 1 unspecified atom stereocenters. The summed E-state index contributed by atoms with van der Waals surface area (Å²) in [5.74, 6) is -7.03. The number of piperidine rings is 1. The first-order valence-electron chi connectivity index (χ1n) is 5.51. The van der Waals surface area contributed by atoms with Gasteiger partial charge in [0.05, 0.1) is 10.3 Å². The van der Waals surface area contributed by atoms with E-state index in [0.29, 0.717) is 8.09 Å². The Hall–Kier alpha value is -0.580. The van der Waals surface area contributed by atoms with E-state index in [0.717, 1.165) is 11.3 Å². The molecule has 1 fully saturated rings. The summed E-state index contributed by atoms with van der Waals surface area (Å²) in [5, 5.41) is 8.73. The molecule has 0 spiro atoms. The van der Waals surface area contributed by atoms with Gasteiger partial charge in [0.15, 0.2) is 0 Å². The molecule has 1 atom stereocenters. The lowest BCUT2D eigenvalue weighted by Gasteiger charge is -2.35. The topological polar surface area (TPSA) is 74.7 Å². The predicted molar refractivity (Wildman–Crippen MR) is 71.5 cm³/mol. The van der Waals surface area contributed by atoms with Gasteiger partial charge in [0.1, 0.15) is 10.1 Å². The molecule has 1 saturated heterocycles. The number of hydrogen-bond acceptors (Lipinski definition) is 4. The average molecular weight is 390 g/mol. The van der Waals surface area contributed by atoms with Crippen molar-refractivity contribution in [3.05, 3.63) is 15.9 Å². The van der Waals surface area contributed by atoms with Crippen LogP contribution < -0.4 is 0 Å². The standard InChI is InChI=1S/C10H10BrF2NO4S2/c11-7-1-2-8(19-7)20(17,18)14-4-3-6(9(15)16)10(12,13)5-14/h1-2,6H,3-5H2,(H,15,16). The smallest absolute Gasteiger partial charge is 0.312 e. The molecule has 5 nitrogen and oxygen atoms in total. The van der Waals surface area contributed by atoms with E-state index in [1.807, 2.05) is 0 Å². The first kappa shape index (κ1) is 15.8. The second-order valence-corrected chi connectivity index (χ2v) is 8.97. The summed E-state index contributed by atoms with van der Waals surface area (Å²) in [5.41, 5.74) is 0. The van der Waals surface area contributed by atoms with Crippen LogP contribution in [0.1, 0.15) is 6.42 Å². The number of halogens is 3. The number of aliphatic carboxylic acids is 1. The number of thiophene rings is 1. The van der Waals surface area contributed by atoms with Crippen molar-refractivity contribution in [3.8, 4) is 0 Å². The highest BCUT2D eigenvalue weighted by Crippen LogP contribution is 2.37. The summed E-state index contributed by atoms with van der Waals surface area (Å²) in [6.07, 6.45) is -0.409. The van der Waals surface area contributed by atoms with Crippen LogP contribution in [0.3, 0.4) is 0 Å². The van der Waals surface area contributed by atoms with Crippen molar-refractivity contribution in [1.29, 1.82) is 0 Å². The fourth-order valence-electron chi connectivity index (χ4n) is 1.98. The van der Waals surface area contributed by atoms with E-state index in [9.17, 15) is 22.0 Å². The van der Waals surface area contributed by atoms with E-state index in [1.54, 1.807) is 0 Å². The van der Waals surface area contributed by atoms with Gasteiger partial charge in [-0.1, -0.05) is 0 Å². The van der Waals surface area contributed by atoms with Gasteiger partial charge in [-0.25, -0.2) is 17.2 Å². The summed E-state index contributed by atoms with van der Waals surface area (Å²) >= 11 is 4.03. The van der Waals surface area contributed by atoms with E-state index in [1.165, 1.54) is 12.1 Å². The van der Waals surface area contributed by atoms with Gasteiger partial charge in [0.2, 0.25) is 0 Å². The molecule has 1 N–H and O–H groups in total. The summed E-state index contributed by atoms with van der Waals surface area (Å²) in [6.45, 7) is -1.34.